The molecule has 23 heavy (non-hydrogen) atoms. The Hall–Kier alpha value is -1.24. The largest absolute Gasteiger partial charge is 0.396 e. The van der Waals surface area contributed by atoms with Crippen molar-refractivity contribution in [2.75, 3.05) is 19.7 Å². The lowest BCUT2D eigenvalue weighted by Crippen LogP contribution is -2.34. The summed E-state index contributed by atoms with van der Waals surface area (Å²) < 4.78 is 0. The molecule has 0 radical (unpaired) electrons. The van der Waals surface area contributed by atoms with Crippen LogP contribution in [-0.2, 0) is 6.54 Å². The van der Waals surface area contributed by atoms with Gasteiger partial charge in [-0.15, -0.1) is 11.3 Å². The van der Waals surface area contributed by atoms with Crippen molar-refractivity contribution in [3.05, 3.63) is 26.6 Å². The van der Waals surface area contributed by atoms with Gasteiger partial charge in [-0.25, -0.2) is 4.98 Å². The topological polar surface area (TPSA) is 69.2 Å². The zero-order chi connectivity index (χ0) is 17.2. The third-order valence-corrected chi connectivity index (χ3v) is 4.89. The Bertz CT molecular complexity index is 728. The summed E-state index contributed by atoms with van der Waals surface area (Å²) in [5.41, 5.74) is 1.12. The highest BCUT2D eigenvalue weighted by Gasteiger charge is 2.18. The van der Waals surface area contributed by atoms with Gasteiger partial charge in [-0.1, -0.05) is 20.8 Å². The van der Waals surface area contributed by atoms with E-state index >= 15 is 0 Å². The minimum atomic E-state index is -0.0512. The summed E-state index contributed by atoms with van der Waals surface area (Å²) >= 11 is 1.58. The zero-order valence-electron chi connectivity index (χ0n) is 14.7. The number of thiophene rings is 1. The van der Waals surface area contributed by atoms with E-state index in [1.54, 1.807) is 11.3 Å². The number of aliphatic hydroxyl groups is 1. The summed E-state index contributed by atoms with van der Waals surface area (Å²) in [6.45, 7) is 13.0. The highest BCUT2D eigenvalue weighted by molar-refractivity contribution is 7.18. The molecular weight excluding hydrogens is 310 g/mol. The van der Waals surface area contributed by atoms with E-state index in [1.165, 1.54) is 0 Å². The van der Waals surface area contributed by atoms with Crippen molar-refractivity contribution in [1.82, 2.24) is 14.9 Å². The Labute approximate surface area is 141 Å². The molecule has 5 nitrogen and oxygen atoms in total. The number of aryl methyl sites for hydroxylation is 2. The highest BCUT2D eigenvalue weighted by Crippen LogP contribution is 2.26. The molecule has 2 heterocycles. The quantitative estimate of drug-likeness (QED) is 0.850. The molecule has 0 fully saturated rings. The lowest BCUT2D eigenvalue weighted by atomic mass is 9.96. The van der Waals surface area contributed by atoms with Crippen LogP contribution < -0.4 is 5.56 Å². The van der Waals surface area contributed by atoms with Crippen LogP contribution in [0.5, 0.6) is 0 Å². The van der Waals surface area contributed by atoms with Gasteiger partial charge in [-0.05, 0) is 31.2 Å². The molecule has 0 bridgehead atoms. The van der Waals surface area contributed by atoms with Crippen LogP contribution in [-0.4, -0.2) is 39.7 Å². The second kappa shape index (κ2) is 7.11. The van der Waals surface area contributed by atoms with Gasteiger partial charge in [0.15, 0.2) is 0 Å². The van der Waals surface area contributed by atoms with Crippen molar-refractivity contribution in [3.63, 3.8) is 0 Å². The molecule has 6 heteroatoms. The molecule has 0 amide bonds. The van der Waals surface area contributed by atoms with Crippen LogP contribution in [0.3, 0.4) is 0 Å². The van der Waals surface area contributed by atoms with Crippen molar-refractivity contribution in [2.45, 2.75) is 47.6 Å². The highest BCUT2D eigenvalue weighted by atomic mass is 32.1. The van der Waals surface area contributed by atoms with Gasteiger partial charge in [-0.2, -0.15) is 0 Å². The molecule has 0 aromatic carbocycles. The Kier molecular flexibility index (Phi) is 5.60. The van der Waals surface area contributed by atoms with Crippen molar-refractivity contribution in [3.8, 4) is 0 Å². The maximum absolute atomic E-state index is 12.4. The number of rotatable bonds is 6. The Morgan fingerprint density at radius 1 is 1.30 bits per heavy atom. The Balaban J connectivity index is 2.28. The average Bonchev–Trinajstić information content (AvgIpc) is 2.70. The lowest BCUT2D eigenvalue weighted by Gasteiger charge is -2.29. The van der Waals surface area contributed by atoms with Crippen LogP contribution in [0.15, 0.2) is 4.79 Å². The van der Waals surface area contributed by atoms with Crippen LogP contribution >= 0.6 is 11.3 Å². The molecule has 0 spiro atoms. The van der Waals surface area contributed by atoms with Crippen LogP contribution in [0, 0.1) is 19.3 Å². The van der Waals surface area contributed by atoms with Crippen molar-refractivity contribution in [2.24, 2.45) is 5.41 Å². The first-order valence-electron chi connectivity index (χ1n) is 8.03. The lowest BCUT2D eigenvalue weighted by molar-refractivity contribution is 0.163. The molecule has 2 rings (SSSR count). The summed E-state index contributed by atoms with van der Waals surface area (Å²) in [7, 11) is 0. The number of aromatic amines is 1. The normalized spacial score (nSPS) is 12.5. The molecule has 0 unspecified atom stereocenters. The van der Waals surface area contributed by atoms with Crippen molar-refractivity contribution in [1.29, 1.82) is 0 Å². The van der Waals surface area contributed by atoms with Crippen molar-refractivity contribution >= 4 is 21.6 Å². The Morgan fingerprint density at radius 3 is 2.61 bits per heavy atom. The number of fused-ring (bicyclic) bond motifs is 1. The van der Waals surface area contributed by atoms with Crippen LogP contribution in [0.2, 0.25) is 0 Å². The summed E-state index contributed by atoms with van der Waals surface area (Å²) in [6, 6.07) is 0. The van der Waals surface area contributed by atoms with Gasteiger partial charge in [-0.3, -0.25) is 9.69 Å². The van der Waals surface area contributed by atoms with E-state index in [9.17, 15) is 4.79 Å². The number of aromatic nitrogens is 2. The first-order chi connectivity index (χ1) is 10.7. The fraction of sp³-hybridized carbons (Fsp3) is 0.647. The van der Waals surface area contributed by atoms with E-state index < -0.39 is 0 Å². The molecule has 0 aliphatic carbocycles. The molecule has 128 valence electrons. The summed E-state index contributed by atoms with van der Waals surface area (Å²) in [5, 5.41) is 9.82. The molecule has 2 aromatic rings. The summed E-state index contributed by atoms with van der Waals surface area (Å²) in [6.07, 6.45) is 0.722. The smallest absolute Gasteiger partial charge is 0.259 e. The second-order valence-corrected chi connectivity index (χ2v) is 8.53. The van der Waals surface area contributed by atoms with Gasteiger partial charge in [0.1, 0.15) is 10.7 Å². The molecule has 0 aliphatic rings. The van der Waals surface area contributed by atoms with Gasteiger partial charge in [0.2, 0.25) is 0 Å². The van der Waals surface area contributed by atoms with Crippen molar-refractivity contribution < 1.29 is 5.11 Å². The molecule has 0 saturated carbocycles. The maximum Gasteiger partial charge on any atom is 0.259 e. The maximum atomic E-state index is 12.4. The molecular formula is C17H27N3O2S. The van der Waals surface area contributed by atoms with E-state index in [0.717, 1.165) is 34.8 Å². The number of hydrogen-bond acceptors (Lipinski definition) is 5. The number of H-pyrrole nitrogens is 1. The predicted molar refractivity (Wildman–Crippen MR) is 96.1 cm³/mol. The monoisotopic (exact) mass is 337 g/mol. The van der Waals surface area contributed by atoms with E-state index in [-0.39, 0.29) is 17.6 Å². The fourth-order valence-electron chi connectivity index (χ4n) is 2.77. The standard InChI is InChI=1S/C17H27N3O2S/c1-11-12(2)23-16-14(11)15(22)18-13(19-16)9-20(7-6-8-21)10-17(3,4)5/h21H,6-10H2,1-5H3,(H,18,19,22). The van der Waals surface area contributed by atoms with E-state index in [0.29, 0.717) is 17.8 Å². The van der Waals surface area contributed by atoms with E-state index in [2.05, 4.69) is 35.6 Å². The first kappa shape index (κ1) is 18.1. The molecule has 2 N–H and O–H groups in total. The zero-order valence-corrected chi connectivity index (χ0v) is 15.5. The van der Waals surface area contributed by atoms with Gasteiger partial charge < -0.3 is 10.1 Å². The minimum Gasteiger partial charge on any atom is -0.396 e. The number of nitrogens with zero attached hydrogens (tertiary/aromatic N) is 2. The molecule has 0 aliphatic heterocycles. The predicted octanol–water partition coefficient (Wildman–Crippen LogP) is 2.83. The van der Waals surface area contributed by atoms with Gasteiger partial charge in [0, 0.05) is 24.6 Å². The molecule has 0 atom stereocenters. The summed E-state index contributed by atoms with van der Waals surface area (Å²) in [5.74, 6) is 0.700. The SMILES string of the molecule is Cc1sc2nc(CN(CCCO)CC(C)(C)C)[nH]c(=O)c2c1C. The summed E-state index contributed by atoms with van der Waals surface area (Å²) in [4.78, 5) is 24.2. The fourth-order valence-corrected chi connectivity index (χ4v) is 3.81. The second-order valence-electron chi connectivity index (χ2n) is 7.32. The molecule has 0 saturated heterocycles. The Morgan fingerprint density at radius 2 is 2.00 bits per heavy atom. The minimum absolute atomic E-state index is 0.0512. The van der Waals surface area contributed by atoms with Gasteiger partial charge in [0.05, 0.1) is 11.9 Å². The number of nitrogens with one attached hydrogen (secondary N) is 1. The van der Waals surface area contributed by atoms with E-state index in [4.69, 9.17) is 5.11 Å². The first-order valence-corrected chi connectivity index (χ1v) is 8.85. The van der Waals surface area contributed by atoms with Gasteiger partial charge in [0.25, 0.3) is 5.56 Å². The van der Waals surface area contributed by atoms with Gasteiger partial charge >= 0.3 is 0 Å². The third kappa shape index (κ3) is 4.62. The van der Waals surface area contributed by atoms with Crippen LogP contribution in [0.4, 0.5) is 0 Å². The van der Waals surface area contributed by atoms with Crippen LogP contribution in [0.25, 0.3) is 10.2 Å². The number of aliphatic hydroxyl groups excluding tert-OH is 1. The molecule has 2 aromatic heterocycles. The van der Waals surface area contributed by atoms with Crippen LogP contribution in [0.1, 0.15) is 43.5 Å². The third-order valence-electron chi connectivity index (χ3n) is 3.79. The van der Waals surface area contributed by atoms with E-state index in [1.807, 2.05) is 13.8 Å². The average molecular weight is 337 g/mol. The number of hydrogen-bond donors (Lipinski definition) is 2.